The van der Waals surface area contributed by atoms with Crippen molar-refractivity contribution in [1.29, 1.82) is 0 Å². The number of rotatable bonds is 5. The summed E-state index contributed by atoms with van der Waals surface area (Å²) in [6.07, 6.45) is 0. The van der Waals surface area contributed by atoms with E-state index < -0.39 is 0 Å². The van der Waals surface area contributed by atoms with E-state index >= 15 is 0 Å². The van der Waals surface area contributed by atoms with Gasteiger partial charge < -0.3 is 4.42 Å². The molecule has 0 radical (unpaired) electrons. The Morgan fingerprint density at radius 3 is 1.81 bits per heavy atom. The fraction of sp³-hybridized carbons (Fsp3) is 0.0435. The van der Waals surface area contributed by atoms with E-state index in [9.17, 15) is 4.79 Å². The van der Waals surface area contributed by atoms with Crippen LogP contribution in [0, 0.1) is 0 Å². The highest BCUT2D eigenvalue weighted by molar-refractivity contribution is 6.19. The summed E-state index contributed by atoms with van der Waals surface area (Å²) >= 11 is 0. The predicted octanol–water partition coefficient (Wildman–Crippen LogP) is 10.4. The van der Waals surface area contributed by atoms with Crippen molar-refractivity contribution in [3.05, 3.63) is 162 Å². The van der Waals surface area contributed by atoms with Gasteiger partial charge in [-0.05, 0) is 69.4 Å². The summed E-state index contributed by atoms with van der Waals surface area (Å²) in [7, 11) is 3.60. The van der Waals surface area contributed by atoms with Crippen LogP contribution in [0.2, 0.25) is 0 Å². The normalized spacial score (nSPS) is 11.7. The van der Waals surface area contributed by atoms with Crippen LogP contribution in [0.25, 0.3) is 100 Å². The van der Waals surface area contributed by atoms with E-state index in [1.807, 2.05) is 60.7 Å². The maximum atomic E-state index is 12.5. The molecule has 0 unspecified atom stereocenters. The lowest BCUT2D eigenvalue weighted by molar-refractivity contribution is 0.669. The minimum atomic E-state index is -0.0423. The van der Waals surface area contributed by atoms with E-state index in [0.717, 1.165) is 71.9 Å². The summed E-state index contributed by atoms with van der Waals surface area (Å²) in [6, 6.07) is 51.7. The molecule has 10 rings (SSSR count). The van der Waals surface area contributed by atoms with E-state index in [4.69, 9.17) is 19.4 Å². The molecule has 0 N–H and O–H groups in total. The van der Waals surface area contributed by atoms with Crippen LogP contribution >= 0.6 is 0 Å². The van der Waals surface area contributed by atoms with Crippen LogP contribution in [0.5, 0.6) is 0 Å². The quantitative estimate of drug-likeness (QED) is 0.180. The molecule has 10 aromatic rings. The van der Waals surface area contributed by atoms with Crippen molar-refractivity contribution in [2.24, 2.45) is 14.1 Å². The number of hydrogen-bond acceptors (Lipinski definition) is 5. The van der Waals surface area contributed by atoms with Crippen molar-refractivity contribution in [2.45, 2.75) is 0 Å². The van der Waals surface area contributed by atoms with Crippen LogP contribution in [0.3, 0.4) is 0 Å². The van der Waals surface area contributed by atoms with Gasteiger partial charge in [0.15, 0.2) is 17.5 Å². The Bertz CT molecular complexity index is 3100. The van der Waals surface area contributed by atoms with E-state index in [1.54, 1.807) is 23.2 Å². The third kappa shape index (κ3) is 5.13. The molecule has 7 heteroatoms. The van der Waals surface area contributed by atoms with Gasteiger partial charge in [0.2, 0.25) is 0 Å². The third-order valence-electron chi connectivity index (χ3n) is 10.2. The van der Waals surface area contributed by atoms with Crippen molar-refractivity contribution >= 4 is 43.7 Å². The van der Waals surface area contributed by atoms with Crippen molar-refractivity contribution in [3.8, 4) is 56.4 Å². The number of hydrogen-bond donors (Lipinski definition) is 0. The SMILES string of the molecule is Cn1c(=O)n(C)c2cc(-c3ccc(-c4nc(-c5ccccc5)nc(-c5cccc(-c6ccc7oc8ccc9ccccc9c8c7c6)c5)n4)cc3)ccc21. The molecule has 0 saturated carbocycles. The molecule has 3 heterocycles. The van der Waals surface area contributed by atoms with Gasteiger partial charge in [0.05, 0.1) is 11.0 Å². The van der Waals surface area contributed by atoms with Gasteiger partial charge in [-0.3, -0.25) is 9.13 Å². The topological polar surface area (TPSA) is 78.7 Å². The Labute approximate surface area is 304 Å². The Morgan fingerprint density at radius 1 is 0.434 bits per heavy atom. The molecular formula is C46H31N5O2. The van der Waals surface area contributed by atoms with Gasteiger partial charge in [-0.1, -0.05) is 115 Å². The van der Waals surface area contributed by atoms with Gasteiger partial charge >= 0.3 is 5.69 Å². The molecule has 7 aromatic carbocycles. The zero-order valence-electron chi connectivity index (χ0n) is 29.0. The van der Waals surface area contributed by atoms with Crippen molar-refractivity contribution in [2.75, 3.05) is 0 Å². The predicted molar refractivity (Wildman–Crippen MR) is 214 cm³/mol. The number of imidazole rings is 1. The van der Waals surface area contributed by atoms with Crippen LogP contribution in [0.4, 0.5) is 0 Å². The Hall–Kier alpha value is -7.12. The van der Waals surface area contributed by atoms with Gasteiger partial charge in [0.25, 0.3) is 0 Å². The zero-order valence-corrected chi connectivity index (χ0v) is 29.0. The first-order chi connectivity index (χ1) is 26.0. The fourth-order valence-corrected chi connectivity index (χ4v) is 7.41. The first-order valence-electron chi connectivity index (χ1n) is 17.5. The lowest BCUT2D eigenvalue weighted by atomic mass is 9.99. The average molecular weight is 686 g/mol. The Morgan fingerprint density at radius 2 is 1.00 bits per heavy atom. The summed E-state index contributed by atoms with van der Waals surface area (Å²) in [5.74, 6) is 1.79. The lowest BCUT2D eigenvalue weighted by Gasteiger charge is -2.10. The van der Waals surface area contributed by atoms with Gasteiger partial charge in [0.1, 0.15) is 11.2 Å². The average Bonchev–Trinajstić information content (AvgIpc) is 3.71. The molecule has 0 aliphatic heterocycles. The van der Waals surface area contributed by atoms with Crippen LogP contribution in [0.1, 0.15) is 0 Å². The second-order valence-electron chi connectivity index (χ2n) is 13.4. The molecule has 0 atom stereocenters. The molecular weight excluding hydrogens is 655 g/mol. The number of benzene rings is 7. The van der Waals surface area contributed by atoms with Crippen molar-refractivity contribution in [1.82, 2.24) is 24.1 Å². The highest BCUT2D eigenvalue weighted by atomic mass is 16.3. The van der Waals surface area contributed by atoms with Gasteiger partial charge in [-0.2, -0.15) is 0 Å². The maximum Gasteiger partial charge on any atom is 0.328 e. The van der Waals surface area contributed by atoms with Crippen molar-refractivity contribution in [3.63, 3.8) is 0 Å². The lowest BCUT2D eigenvalue weighted by Crippen LogP contribution is -2.19. The van der Waals surface area contributed by atoms with E-state index in [1.165, 1.54) is 10.8 Å². The third-order valence-corrected chi connectivity index (χ3v) is 10.2. The van der Waals surface area contributed by atoms with Crippen LogP contribution in [-0.4, -0.2) is 24.1 Å². The number of fused-ring (bicyclic) bond motifs is 6. The summed E-state index contributed by atoms with van der Waals surface area (Å²) < 4.78 is 9.62. The maximum absolute atomic E-state index is 12.5. The first-order valence-corrected chi connectivity index (χ1v) is 17.5. The number of nitrogens with zero attached hydrogens (tertiary/aromatic N) is 5. The Kier molecular flexibility index (Phi) is 6.94. The smallest absolute Gasteiger partial charge is 0.328 e. The van der Waals surface area contributed by atoms with Gasteiger partial charge in [0, 0.05) is 41.6 Å². The van der Waals surface area contributed by atoms with Crippen molar-refractivity contribution < 1.29 is 4.42 Å². The second kappa shape index (κ2) is 12.0. The van der Waals surface area contributed by atoms with E-state index in [-0.39, 0.29) is 5.69 Å². The summed E-state index contributed by atoms with van der Waals surface area (Å²) in [5, 5.41) is 4.58. The molecule has 0 amide bonds. The van der Waals surface area contributed by atoms with Gasteiger partial charge in [-0.25, -0.2) is 19.7 Å². The molecule has 0 saturated heterocycles. The van der Waals surface area contributed by atoms with E-state index in [2.05, 4.69) is 91.0 Å². The summed E-state index contributed by atoms with van der Waals surface area (Å²) in [6.45, 7) is 0. The first kappa shape index (κ1) is 30.7. The largest absolute Gasteiger partial charge is 0.456 e. The minimum absolute atomic E-state index is 0.0423. The molecule has 0 spiro atoms. The molecule has 0 fully saturated rings. The zero-order chi connectivity index (χ0) is 35.6. The number of aromatic nitrogens is 5. The number of furan rings is 1. The van der Waals surface area contributed by atoms with Crippen LogP contribution < -0.4 is 5.69 Å². The molecule has 252 valence electrons. The summed E-state index contributed by atoms with van der Waals surface area (Å²) in [4.78, 5) is 27.5. The van der Waals surface area contributed by atoms with E-state index in [0.29, 0.717) is 17.5 Å². The van der Waals surface area contributed by atoms with Crippen LogP contribution in [-0.2, 0) is 14.1 Å². The molecule has 53 heavy (non-hydrogen) atoms. The van der Waals surface area contributed by atoms with Crippen LogP contribution in [0.15, 0.2) is 161 Å². The molecule has 3 aromatic heterocycles. The highest BCUT2D eigenvalue weighted by Gasteiger charge is 2.16. The number of aryl methyl sites for hydroxylation is 2. The summed E-state index contributed by atoms with van der Waals surface area (Å²) in [5.41, 5.74) is 10.4. The standard InChI is InChI=1S/C46H31N5O2/c1-50-38-22-19-34(27-39(38)51(2)46(50)52)28-15-17-31(18-16-28)44-47-43(30-10-4-3-5-11-30)48-45(49-44)35-13-8-12-32(25-35)33-21-23-40-37(26-33)42-36-14-7-6-9-29(36)20-24-41(42)53-40/h3-27H,1-2H3. The monoisotopic (exact) mass is 685 g/mol. The highest BCUT2D eigenvalue weighted by Crippen LogP contribution is 2.37. The minimum Gasteiger partial charge on any atom is -0.456 e. The molecule has 0 aliphatic carbocycles. The molecule has 0 aliphatic rings. The fourth-order valence-electron chi connectivity index (χ4n) is 7.41. The molecule has 7 nitrogen and oxygen atoms in total. The second-order valence-corrected chi connectivity index (χ2v) is 13.4. The van der Waals surface area contributed by atoms with Gasteiger partial charge in [-0.15, -0.1) is 0 Å². The Balaban J connectivity index is 1.06. The molecule has 0 bridgehead atoms.